The maximum atomic E-state index is 12.4. The predicted octanol–water partition coefficient (Wildman–Crippen LogP) is 3.13. The van der Waals surface area contributed by atoms with E-state index in [1.165, 1.54) is 5.01 Å². The zero-order valence-electron chi connectivity index (χ0n) is 14.5. The number of nitrogens with zero attached hydrogens (tertiary/aromatic N) is 1. The van der Waals surface area contributed by atoms with Crippen LogP contribution in [0.25, 0.3) is 0 Å². The molecule has 0 atom stereocenters. The van der Waals surface area contributed by atoms with Gasteiger partial charge in [-0.15, -0.1) is 0 Å². The largest absolute Gasteiger partial charge is 0.350 e. The Morgan fingerprint density at radius 1 is 1.23 bits per heavy atom. The van der Waals surface area contributed by atoms with Crippen molar-refractivity contribution in [2.45, 2.75) is 19.8 Å². The molecular formula is C20H20ClN3O2. The van der Waals surface area contributed by atoms with Gasteiger partial charge in [-0.25, -0.2) is 5.01 Å². The molecule has 0 aromatic heterocycles. The molecule has 1 aliphatic rings. The standard InChI is InChI=1S/C20H20ClN3O2/c1-14-3-2-4-17(13-14)24-19(25)10-9-18(23-24)20(26)22-12-11-15-5-7-16(21)8-6-15/h2-9,13,23H,10-12H2,1H3,(H,22,26). The summed E-state index contributed by atoms with van der Waals surface area (Å²) < 4.78 is 0. The first-order chi connectivity index (χ1) is 12.5. The van der Waals surface area contributed by atoms with Gasteiger partial charge < -0.3 is 5.32 Å². The molecule has 0 saturated heterocycles. The highest BCUT2D eigenvalue weighted by Crippen LogP contribution is 2.19. The molecule has 2 amide bonds. The molecule has 2 aromatic carbocycles. The van der Waals surface area contributed by atoms with Crippen LogP contribution in [0.4, 0.5) is 5.69 Å². The van der Waals surface area contributed by atoms with Crippen molar-refractivity contribution in [1.29, 1.82) is 0 Å². The molecule has 5 nitrogen and oxygen atoms in total. The minimum atomic E-state index is -0.232. The fourth-order valence-corrected chi connectivity index (χ4v) is 2.82. The van der Waals surface area contributed by atoms with Crippen LogP contribution in [0.3, 0.4) is 0 Å². The Kier molecular flexibility index (Phi) is 5.58. The van der Waals surface area contributed by atoms with Gasteiger partial charge in [0.05, 0.1) is 5.69 Å². The van der Waals surface area contributed by atoms with Crippen molar-refractivity contribution in [1.82, 2.24) is 10.7 Å². The molecule has 1 heterocycles. The molecule has 134 valence electrons. The number of carbonyl (C=O) groups is 2. The summed E-state index contributed by atoms with van der Waals surface area (Å²) in [5.41, 5.74) is 6.15. The lowest BCUT2D eigenvalue weighted by molar-refractivity contribution is -0.120. The van der Waals surface area contributed by atoms with Crippen LogP contribution in [0.2, 0.25) is 5.02 Å². The lowest BCUT2D eigenvalue weighted by Crippen LogP contribution is -2.49. The molecule has 1 aliphatic heterocycles. The lowest BCUT2D eigenvalue weighted by atomic mass is 10.1. The first-order valence-corrected chi connectivity index (χ1v) is 8.80. The highest BCUT2D eigenvalue weighted by molar-refractivity contribution is 6.30. The topological polar surface area (TPSA) is 61.4 Å². The number of halogens is 1. The van der Waals surface area contributed by atoms with Crippen LogP contribution in [-0.4, -0.2) is 18.4 Å². The van der Waals surface area contributed by atoms with Crippen molar-refractivity contribution >= 4 is 29.1 Å². The summed E-state index contributed by atoms with van der Waals surface area (Å²) in [6.45, 7) is 2.45. The van der Waals surface area contributed by atoms with E-state index in [1.807, 2.05) is 55.5 Å². The van der Waals surface area contributed by atoms with Crippen LogP contribution >= 0.6 is 11.6 Å². The SMILES string of the molecule is Cc1cccc(N2NC(C(=O)NCCc3ccc(Cl)cc3)=CCC2=O)c1. The van der Waals surface area contributed by atoms with Crippen molar-refractivity contribution in [2.24, 2.45) is 0 Å². The quantitative estimate of drug-likeness (QED) is 0.851. The number of amides is 2. The van der Waals surface area contributed by atoms with Crippen molar-refractivity contribution in [3.05, 3.63) is 76.5 Å². The summed E-state index contributed by atoms with van der Waals surface area (Å²) >= 11 is 5.87. The minimum Gasteiger partial charge on any atom is -0.350 e. The molecule has 0 spiro atoms. The van der Waals surface area contributed by atoms with E-state index in [1.54, 1.807) is 6.08 Å². The van der Waals surface area contributed by atoms with E-state index < -0.39 is 0 Å². The van der Waals surface area contributed by atoms with Crippen LogP contribution in [-0.2, 0) is 16.0 Å². The van der Waals surface area contributed by atoms with Crippen molar-refractivity contribution in [2.75, 3.05) is 11.6 Å². The van der Waals surface area contributed by atoms with Gasteiger partial charge in [-0.2, -0.15) is 0 Å². The van der Waals surface area contributed by atoms with E-state index in [0.29, 0.717) is 23.7 Å². The Bertz CT molecular complexity index is 846. The molecule has 0 aliphatic carbocycles. The molecule has 0 fully saturated rings. The first kappa shape index (κ1) is 18.0. The summed E-state index contributed by atoms with van der Waals surface area (Å²) in [5.74, 6) is -0.336. The Labute approximate surface area is 157 Å². The Morgan fingerprint density at radius 2 is 2.00 bits per heavy atom. The van der Waals surface area contributed by atoms with Gasteiger partial charge >= 0.3 is 0 Å². The van der Waals surface area contributed by atoms with Gasteiger partial charge in [-0.05, 0) is 54.8 Å². The number of aryl methyl sites for hydroxylation is 1. The van der Waals surface area contributed by atoms with E-state index in [-0.39, 0.29) is 18.2 Å². The zero-order chi connectivity index (χ0) is 18.5. The number of hydrogen-bond acceptors (Lipinski definition) is 3. The molecule has 6 heteroatoms. The van der Waals surface area contributed by atoms with E-state index in [2.05, 4.69) is 10.7 Å². The number of nitrogens with one attached hydrogen (secondary N) is 2. The highest BCUT2D eigenvalue weighted by Gasteiger charge is 2.23. The van der Waals surface area contributed by atoms with Crippen LogP contribution in [0.1, 0.15) is 17.5 Å². The second kappa shape index (κ2) is 8.06. The number of carbonyl (C=O) groups excluding carboxylic acids is 2. The number of hydrazine groups is 1. The molecule has 3 rings (SSSR count). The van der Waals surface area contributed by atoms with Crippen molar-refractivity contribution in [3.8, 4) is 0 Å². The fourth-order valence-electron chi connectivity index (χ4n) is 2.69. The normalized spacial score (nSPS) is 13.8. The first-order valence-electron chi connectivity index (χ1n) is 8.42. The Balaban J connectivity index is 1.59. The van der Waals surface area contributed by atoms with Crippen LogP contribution in [0.5, 0.6) is 0 Å². The Hall–Kier alpha value is -2.79. The average Bonchev–Trinajstić information content (AvgIpc) is 2.63. The van der Waals surface area contributed by atoms with E-state index in [4.69, 9.17) is 11.6 Å². The summed E-state index contributed by atoms with van der Waals surface area (Å²) in [4.78, 5) is 24.6. The summed E-state index contributed by atoms with van der Waals surface area (Å²) in [5, 5.41) is 4.98. The third-order valence-electron chi connectivity index (χ3n) is 4.08. The number of benzene rings is 2. The van der Waals surface area contributed by atoms with Gasteiger partial charge in [0.25, 0.3) is 5.91 Å². The van der Waals surface area contributed by atoms with E-state index in [0.717, 1.165) is 16.8 Å². The fraction of sp³-hybridized carbons (Fsp3) is 0.200. The third-order valence-corrected chi connectivity index (χ3v) is 4.33. The smallest absolute Gasteiger partial charge is 0.268 e. The Morgan fingerprint density at radius 3 is 2.73 bits per heavy atom. The number of hydrogen-bond donors (Lipinski definition) is 2. The number of rotatable bonds is 5. The number of anilines is 1. The van der Waals surface area contributed by atoms with E-state index >= 15 is 0 Å². The van der Waals surface area contributed by atoms with Gasteiger partial charge in [0.15, 0.2) is 0 Å². The predicted molar refractivity (Wildman–Crippen MR) is 103 cm³/mol. The van der Waals surface area contributed by atoms with Crippen molar-refractivity contribution in [3.63, 3.8) is 0 Å². The molecule has 2 N–H and O–H groups in total. The minimum absolute atomic E-state index is 0.103. The van der Waals surface area contributed by atoms with Gasteiger partial charge in [-0.1, -0.05) is 35.9 Å². The molecule has 0 bridgehead atoms. The van der Waals surface area contributed by atoms with Gasteiger partial charge in [-0.3, -0.25) is 15.0 Å². The lowest BCUT2D eigenvalue weighted by Gasteiger charge is -2.28. The van der Waals surface area contributed by atoms with Crippen molar-refractivity contribution < 1.29 is 9.59 Å². The van der Waals surface area contributed by atoms with Crippen LogP contribution in [0, 0.1) is 6.92 Å². The monoisotopic (exact) mass is 369 g/mol. The van der Waals surface area contributed by atoms with Crippen LogP contribution in [0.15, 0.2) is 60.3 Å². The van der Waals surface area contributed by atoms with E-state index in [9.17, 15) is 9.59 Å². The summed E-state index contributed by atoms with van der Waals surface area (Å²) in [6.07, 6.45) is 2.50. The van der Waals surface area contributed by atoms with Gasteiger partial charge in [0, 0.05) is 18.0 Å². The molecule has 2 aromatic rings. The zero-order valence-corrected chi connectivity index (χ0v) is 15.2. The molecule has 0 unspecified atom stereocenters. The molecule has 0 radical (unpaired) electrons. The third kappa shape index (κ3) is 4.43. The van der Waals surface area contributed by atoms with Gasteiger partial charge in [0.1, 0.15) is 5.70 Å². The highest BCUT2D eigenvalue weighted by atomic mass is 35.5. The maximum Gasteiger partial charge on any atom is 0.268 e. The second-order valence-electron chi connectivity index (χ2n) is 6.13. The average molecular weight is 370 g/mol. The summed E-state index contributed by atoms with van der Waals surface area (Å²) in [6, 6.07) is 15.1. The second-order valence-corrected chi connectivity index (χ2v) is 6.57. The van der Waals surface area contributed by atoms with Gasteiger partial charge in [0.2, 0.25) is 5.91 Å². The molecule has 26 heavy (non-hydrogen) atoms. The maximum absolute atomic E-state index is 12.4. The molecular weight excluding hydrogens is 350 g/mol. The molecule has 0 saturated carbocycles. The summed E-state index contributed by atoms with van der Waals surface area (Å²) in [7, 11) is 0. The van der Waals surface area contributed by atoms with Crippen LogP contribution < -0.4 is 15.8 Å².